The molecule has 0 saturated carbocycles. The van der Waals surface area contributed by atoms with Crippen LogP contribution in [0.25, 0.3) is 0 Å². The first-order valence-corrected chi connectivity index (χ1v) is 9.03. The van der Waals surface area contributed by atoms with E-state index < -0.39 is 13.6 Å². The van der Waals surface area contributed by atoms with Gasteiger partial charge >= 0.3 is 8.09 Å². The summed E-state index contributed by atoms with van der Waals surface area (Å²) in [4.78, 5) is 13.3. The molecule has 0 amide bonds. The molecule has 0 N–H and O–H groups in total. The quantitative estimate of drug-likeness (QED) is 0.614. The molecule has 1 fully saturated rings. The predicted octanol–water partition coefficient (Wildman–Crippen LogP) is 3.56. The number of rotatable bonds is 5. The van der Waals surface area contributed by atoms with E-state index in [1.165, 1.54) is 0 Å². The third kappa shape index (κ3) is 3.95. The molecule has 0 aliphatic carbocycles. The van der Waals surface area contributed by atoms with E-state index in [1.807, 2.05) is 58.0 Å². The molecule has 1 aliphatic rings. The van der Waals surface area contributed by atoms with Crippen molar-refractivity contribution in [3.8, 4) is 0 Å². The number of benzene rings is 1. The molecule has 1 aromatic carbocycles. The van der Waals surface area contributed by atoms with Gasteiger partial charge in [0.2, 0.25) is 0 Å². The van der Waals surface area contributed by atoms with E-state index in [4.69, 9.17) is 9.05 Å². The van der Waals surface area contributed by atoms with Crippen LogP contribution in [0.5, 0.6) is 0 Å². The second-order valence-electron chi connectivity index (χ2n) is 7.08. The average Bonchev–Trinajstić information content (AvgIpc) is 2.49. The van der Waals surface area contributed by atoms with Crippen LogP contribution in [0.4, 0.5) is 0 Å². The minimum Gasteiger partial charge on any atom is -0.616 e. The third-order valence-electron chi connectivity index (χ3n) is 3.87. The monoisotopic (exact) mass is 323 g/mol. The van der Waals surface area contributed by atoms with Crippen LogP contribution in [0.2, 0.25) is 0 Å². The lowest BCUT2D eigenvalue weighted by Crippen LogP contribution is -2.49. The van der Waals surface area contributed by atoms with E-state index in [1.54, 1.807) is 10.7 Å². The minimum atomic E-state index is -3.34. The SMILES string of the molecule is C=CC(C)(C)N(Cc1ccccc1)[P+]1([O-])OCC(C)(C)CO1. The molecule has 1 aliphatic heterocycles. The van der Waals surface area contributed by atoms with Gasteiger partial charge in [0.05, 0.1) is 12.1 Å². The highest BCUT2D eigenvalue weighted by Crippen LogP contribution is 2.63. The summed E-state index contributed by atoms with van der Waals surface area (Å²) in [5.74, 6) is 0. The van der Waals surface area contributed by atoms with Crippen molar-refractivity contribution in [3.05, 3.63) is 48.6 Å². The molecular weight excluding hydrogens is 297 g/mol. The van der Waals surface area contributed by atoms with Gasteiger partial charge in [0.15, 0.2) is 0 Å². The van der Waals surface area contributed by atoms with Gasteiger partial charge in [-0.15, -0.1) is 11.2 Å². The standard InChI is InChI=1S/C17H26NO3P/c1-6-17(4,5)18(12-15-10-8-7-9-11-15)22(19)20-13-16(2,3)14-21-22/h6-11H,1,12-14H2,2-5H3. The van der Waals surface area contributed by atoms with Crippen molar-refractivity contribution in [1.29, 1.82) is 0 Å². The summed E-state index contributed by atoms with van der Waals surface area (Å²) in [6.45, 7) is 13.2. The van der Waals surface area contributed by atoms with Crippen LogP contribution >= 0.6 is 8.09 Å². The van der Waals surface area contributed by atoms with Gasteiger partial charge in [0.1, 0.15) is 13.2 Å². The van der Waals surface area contributed by atoms with Crippen LogP contribution in [0, 0.1) is 5.41 Å². The van der Waals surface area contributed by atoms with Gasteiger partial charge < -0.3 is 4.89 Å². The van der Waals surface area contributed by atoms with Crippen LogP contribution in [0.15, 0.2) is 43.0 Å². The second kappa shape index (κ2) is 6.38. The number of hydrogen-bond donors (Lipinski definition) is 0. The van der Waals surface area contributed by atoms with E-state index in [2.05, 4.69) is 6.58 Å². The van der Waals surface area contributed by atoms with Gasteiger partial charge in [-0.1, -0.05) is 50.3 Å². The molecule has 122 valence electrons. The largest absolute Gasteiger partial charge is 0.616 e. The van der Waals surface area contributed by atoms with E-state index in [-0.39, 0.29) is 5.41 Å². The molecule has 1 heterocycles. The fourth-order valence-corrected chi connectivity index (χ4v) is 4.63. The van der Waals surface area contributed by atoms with Crippen molar-refractivity contribution in [2.45, 2.75) is 39.8 Å². The van der Waals surface area contributed by atoms with Crippen molar-refractivity contribution in [1.82, 2.24) is 4.67 Å². The van der Waals surface area contributed by atoms with E-state index >= 15 is 0 Å². The normalized spacial score (nSPS) is 20.8. The van der Waals surface area contributed by atoms with Crippen molar-refractivity contribution in [2.75, 3.05) is 13.2 Å². The smallest absolute Gasteiger partial charge is 0.315 e. The maximum atomic E-state index is 13.3. The number of nitrogens with zero attached hydrogens (tertiary/aromatic N) is 1. The molecular formula is C17H26NO3P. The lowest BCUT2D eigenvalue weighted by molar-refractivity contribution is -0.253. The Morgan fingerprint density at radius 3 is 2.32 bits per heavy atom. The predicted molar refractivity (Wildman–Crippen MR) is 88.9 cm³/mol. The van der Waals surface area contributed by atoms with Gasteiger partial charge in [-0.25, -0.2) is 0 Å². The fraction of sp³-hybridized carbons (Fsp3) is 0.529. The molecule has 1 saturated heterocycles. The summed E-state index contributed by atoms with van der Waals surface area (Å²) < 4.78 is 13.2. The van der Waals surface area contributed by atoms with Gasteiger partial charge in [0.25, 0.3) is 0 Å². The summed E-state index contributed by atoms with van der Waals surface area (Å²) in [6.07, 6.45) is 1.78. The lowest BCUT2D eigenvalue weighted by Gasteiger charge is -2.47. The zero-order valence-corrected chi connectivity index (χ0v) is 14.8. The Morgan fingerprint density at radius 1 is 1.27 bits per heavy atom. The molecule has 0 spiro atoms. The molecule has 0 aromatic heterocycles. The molecule has 1 aromatic rings. The Labute approximate surface area is 134 Å². The summed E-state index contributed by atoms with van der Waals surface area (Å²) in [5, 5.41) is 0. The van der Waals surface area contributed by atoms with Crippen molar-refractivity contribution >= 4 is 8.09 Å². The van der Waals surface area contributed by atoms with Gasteiger partial charge in [-0.2, -0.15) is 9.05 Å². The highest BCUT2D eigenvalue weighted by atomic mass is 31.2. The highest BCUT2D eigenvalue weighted by molar-refractivity contribution is 7.56. The first kappa shape index (κ1) is 17.6. The van der Waals surface area contributed by atoms with Crippen LogP contribution in [0.1, 0.15) is 33.3 Å². The zero-order valence-electron chi connectivity index (χ0n) is 13.9. The average molecular weight is 323 g/mol. The zero-order chi connectivity index (χ0) is 16.4. The Kier molecular flexibility index (Phi) is 5.10. The first-order valence-electron chi connectivity index (χ1n) is 7.53. The maximum absolute atomic E-state index is 13.3. The van der Waals surface area contributed by atoms with Gasteiger partial charge in [-0.3, -0.25) is 0 Å². The maximum Gasteiger partial charge on any atom is 0.315 e. The molecule has 2 rings (SSSR count). The van der Waals surface area contributed by atoms with Crippen LogP contribution in [-0.2, 0) is 15.6 Å². The van der Waals surface area contributed by atoms with Crippen molar-refractivity contribution in [2.24, 2.45) is 5.41 Å². The summed E-state index contributed by atoms with van der Waals surface area (Å²) in [7, 11) is -3.34. The molecule has 0 radical (unpaired) electrons. The summed E-state index contributed by atoms with van der Waals surface area (Å²) in [6, 6.07) is 9.91. The Bertz CT molecular complexity index is 506. The summed E-state index contributed by atoms with van der Waals surface area (Å²) >= 11 is 0. The molecule has 0 bridgehead atoms. The van der Waals surface area contributed by atoms with Crippen molar-refractivity contribution < 1.29 is 13.9 Å². The molecule has 0 atom stereocenters. The van der Waals surface area contributed by atoms with Crippen LogP contribution < -0.4 is 4.89 Å². The van der Waals surface area contributed by atoms with Crippen LogP contribution in [0.3, 0.4) is 0 Å². The molecule has 4 nitrogen and oxygen atoms in total. The first-order chi connectivity index (χ1) is 10.2. The topological polar surface area (TPSA) is 44.8 Å². The molecule has 5 heteroatoms. The Morgan fingerprint density at radius 2 is 1.82 bits per heavy atom. The van der Waals surface area contributed by atoms with E-state index in [9.17, 15) is 4.89 Å². The Hall–Kier alpha value is -0.770. The van der Waals surface area contributed by atoms with E-state index in [0.717, 1.165) is 5.56 Å². The highest BCUT2D eigenvalue weighted by Gasteiger charge is 2.51. The van der Waals surface area contributed by atoms with Crippen LogP contribution in [-0.4, -0.2) is 23.4 Å². The van der Waals surface area contributed by atoms with Gasteiger partial charge in [0, 0.05) is 5.41 Å². The number of hydrogen-bond acceptors (Lipinski definition) is 4. The molecule has 0 unspecified atom stereocenters. The lowest BCUT2D eigenvalue weighted by atomic mass is 9.97. The Balaban J connectivity index is 2.27. The second-order valence-corrected chi connectivity index (χ2v) is 9.02. The van der Waals surface area contributed by atoms with Gasteiger partial charge in [-0.05, 0) is 19.4 Å². The minimum absolute atomic E-state index is 0.120. The third-order valence-corrected chi connectivity index (χ3v) is 6.03. The summed E-state index contributed by atoms with van der Waals surface area (Å²) in [5.41, 5.74) is 0.432. The van der Waals surface area contributed by atoms with E-state index in [0.29, 0.717) is 19.8 Å². The van der Waals surface area contributed by atoms with Crippen molar-refractivity contribution in [3.63, 3.8) is 0 Å². The molecule has 22 heavy (non-hydrogen) atoms. The fourth-order valence-electron chi connectivity index (χ4n) is 2.20.